The number of halogens is 1. The molecule has 1 fully saturated rings. The van der Waals surface area contributed by atoms with Gasteiger partial charge in [0.15, 0.2) is 0 Å². The summed E-state index contributed by atoms with van der Waals surface area (Å²) in [5, 5.41) is 12.0. The highest BCUT2D eigenvalue weighted by Crippen LogP contribution is 2.43. The van der Waals surface area contributed by atoms with E-state index >= 15 is 0 Å². The molecule has 0 saturated heterocycles. The Kier molecular flexibility index (Phi) is 6.14. The molecule has 2 aliphatic rings. The Morgan fingerprint density at radius 2 is 1.94 bits per heavy atom. The maximum atomic E-state index is 13.2. The minimum absolute atomic E-state index is 0.00534. The van der Waals surface area contributed by atoms with Gasteiger partial charge in [-0.05, 0) is 61.3 Å². The minimum atomic E-state index is -0.344. The lowest BCUT2D eigenvalue weighted by Crippen LogP contribution is -2.19. The fraction of sp³-hybridized carbons (Fsp3) is 0.280. The number of carbonyl (C=O) groups is 3. The van der Waals surface area contributed by atoms with Crippen LogP contribution in [0.25, 0.3) is 0 Å². The third-order valence-corrected chi connectivity index (χ3v) is 6.27. The molecule has 0 aromatic heterocycles. The number of benzene rings is 2. The molecule has 1 atom stereocenters. The smallest absolute Gasteiger partial charge is 0.257 e. The van der Waals surface area contributed by atoms with E-state index in [1.54, 1.807) is 24.3 Å². The summed E-state index contributed by atoms with van der Waals surface area (Å²) in [5.41, 5.74) is 3.86. The predicted molar refractivity (Wildman–Crippen MR) is 122 cm³/mol. The van der Waals surface area contributed by atoms with Gasteiger partial charge in [-0.1, -0.05) is 41.9 Å². The van der Waals surface area contributed by atoms with Crippen molar-refractivity contribution in [2.24, 2.45) is 5.92 Å². The Labute approximate surface area is 186 Å². The van der Waals surface area contributed by atoms with E-state index in [1.165, 1.54) is 0 Å². The number of nitrogens with one attached hydrogen (secondary N) is 2. The Morgan fingerprint density at radius 3 is 2.58 bits per heavy atom. The second-order valence-electron chi connectivity index (χ2n) is 8.13. The van der Waals surface area contributed by atoms with Crippen molar-refractivity contribution in [2.75, 3.05) is 5.32 Å². The molecule has 1 amide bonds. The molecule has 0 spiro atoms. The van der Waals surface area contributed by atoms with Crippen molar-refractivity contribution in [1.82, 2.24) is 0 Å². The van der Waals surface area contributed by atoms with Crippen molar-refractivity contribution < 1.29 is 14.4 Å². The molecule has 31 heavy (non-hydrogen) atoms. The first-order valence-corrected chi connectivity index (χ1v) is 10.8. The number of aldehydes is 2. The van der Waals surface area contributed by atoms with Crippen LogP contribution in [0.4, 0.5) is 5.69 Å². The van der Waals surface area contributed by atoms with Gasteiger partial charge in [-0.3, -0.25) is 15.0 Å². The van der Waals surface area contributed by atoms with E-state index in [-0.39, 0.29) is 11.8 Å². The highest BCUT2D eigenvalue weighted by Gasteiger charge is 2.30. The maximum Gasteiger partial charge on any atom is 0.257 e. The monoisotopic (exact) mass is 434 g/mol. The number of anilines is 1. The van der Waals surface area contributed by atoms with Crippen LogP contribution in [-0.2, 0) is 4.79 Å². The van der Waals surface area contributed by atoms with Gasteiger partial charge < -0.3 is 10.1 Å². The van der Waals surface area contributed by atoms with Gasteiger partial charge in [0.05, 0.1) is 22.0 Å². The van der Waals surface area contributed by atoms with Crippen LogP contribution in [0.3, 0.4) is 0 Å². The standard InChI is InChI=1S/C25H23ClN2O3/c26-21-3-1-2-19(17-9-10-17)23(21)25(31)28-22-12-16(14-30)6-11-20(22)24(27)18-7-4-15(13-29)5-8-18/h1-3,6-7,11-15,17,27H,4-5,8-10H2,(H,28,31). The predicted octanol–water partition coefficient (Wildman–Crippen LogP) is 5.58. The molecule has 0 heterocycles. The topological polar surface area (TPSA) is 87.1 Å². The quantitative estimate of drug-likeness (QED) is 0.440. The van der Waals surface area contributed by atoms with Crippen molar-refractivity contribution in [1.29, 1.82) is 5.41 Å². The van der Waals surface area contributed by atoms with Crippen LogP contribution in [0.15, 0.2) is 48.0 Å². The Hall–Kier alpha value is -3.05. The summed E-state index contributed by atoms with van der Waals surface area (Å²) >= 11 is 6.38. The maximum absolute atomic E-state index is 13.2. The van der Waals surface area contributed by atoms with Crippen molar-refractivity contribution >= 4 is 41.5 Å². The first kappa shape index (κ1) is 21.2. The molecule has 4 rings (SSSR count). The molecule has 0 radical (unpaired) electrons. The van der Waals surface area contributed by atoms with Gasteiger partial charge in [-0.2, -0.15) is 0 Å². The molecule has 158 valence electrons. The number of hydrogen-bond donors (Lipinski definition) is 2. The SMILES string of the molecule is N=C(C1=CCC(C=O)CC1)c1ccc(C=O)cc1NC(=O)c1c(Cl)cccc1C1CC1. The lowest BCUT2D eigenvalue weighted by molar-refractivity contribution is -0.111. The lowest BCUT2D eigenvalue weighted by Gasteiger charge is -2.20. The first-order chi connectivity index (χ1) is 15.0. The zero-order valence-corrected chi connectivity index (χ0v) is 17.7. The van der Waals surface area contributed by atoms with E-state index in [9.17, 15) is 14.4 Å². The summed E-state index contributed by atoms with van der Waals surface area (Å²) < 4.78 is 0. The van der Waals surface area contributed by atoms with Crippen LogP contribution in [-0.4, -0.2) is 24.2 Å². The molecule has 0 bridgehead atoms. The molecular formula is C25H23ClN2O3. The largest absolute Gasteiger partial charge is 0.321 e. The van der Waals surface area contributed by atoms with E-state index in [1.807, 2.05) is 18.2 Å². The van der Waals surface area contributed by atoms with Gasteiger partial charge in [0.1, 0.15) is 12.6 Å². The Balaban J connectivity index is 1.66. The number of amides is 1. The minimum Gasteiger partial charge on any atom is -0.321 e. The Morgan fingerprint density at radius 1 is 1.13 bits per heavy atom. The van der Waals surface area contributed by atoms with Crippen molar-refractivity contribution in [3.8, 4) is 0 Å². The Bertz CT molecular complexity index is 1100. The third-order valence-electron chi connectivity index (χ3n) is 5.95. The van der Waals surface area contributed by atoms with Crippen LogP contribution >= 0.6 is 11.6 Å². The molecule has 2 aliphatic carbocycles. The van der Waals surface area contributed by atoms with E-state index < -0.39 is 0 Å². The van der Waals surface area contributed by atoms with Crippen LogP contribution in [0.5, 0.6) is 0 Å². The third kappa shape index (κ3) is 4.52. The molecule has 5 nitrogen and oxygen atoms in total. The van der Waals surface area contributed by atoms with Gasteiger partial charge in [-0.25, -0.2) is 0 Å². The van der Waals surface area contributed by atoms with E-state index in [0.717, 1.165) is 30.3 Å². The second-order valence-corrected chi connectivity index (χ2v) is 8.54. The van der Waals surface area contributed by atoms with Gasteiger partial charge in [-0.15, -0.1) is 0 Å². The molecule has 6 heteroatoms. The molecule has 2 N–H and O–H groups in total. The van der Waals surface area contributed by atoms with Crippen LogP contribution in [0.1, 0.15) is 69.9 Å². The number of carbonyl (C=O) groups excluding carboxylic acids is 3. The summed E-state index contributed by atoms with van der Waals surface area (Å²) in [6, 6.07) is 10.4. The number of allylic oxidation sites excluding steroid dienone is 2. The van der Waals surface area contributed by atoms with Crippen LogP contribution in [0.2, 0.25) is 5.02 Å². The average molecular weight is 435 g/mol. The van der Waals surface area contributed by atoms with Gasteiger partial charge in [0.25, 0.3) is 5.91 Å². The summed E-state index contributed by atoms with van der Waals surface area (Å²) in [4.78, 5) is 35.6. The summed E-state index contributed by atoms with van der Waals surface area (Å²) in [6.07, 6.45) is 7.60. The number of hydrogen-bond acceptors (Lipinski definition) is 4. The highest BCUT2D eigenvalue weighted by atomic mass is 35.5. The van der Waals surface area contributed by atoms with Gasteiger partial charge in [0, 0.05) is 17.0 Å². The van der Waals surface area contributed by atoms with E-state index in [2.05, 4.69) is 5.32 Å². The molecule has 1 unspecified atom stereocenters. The fourth-order valence-electron chi connectivity index (χ4n) is 4.03. The number of rotatable bonds is 7. The van der Waals surface area contributed by atoms with Gasteiger partial charge in [0.2, 0.25) is 0 Å². The van der Waals surface area contributed by atoms with Gasteiger partial charge >= 0.3 is 0 Å². The fourth-order valence-corrected chi connectivity index (χ4v) is 4.30. The van der Waals surface area contributed by atoms with Crippen LogP contribution in [0, 0.1) is 11.3 Å². The van der Waals surface area contributed by atoms with E-state index in [4.69, 9.17) is 17.0 Å². The second kappa shape index (κ2) is 8.98. The molecule has 0 aliphatic heterocycles. The van der Waals surface area contributed by atoms with Crippen molar-refractivity contribution in [2.45, 2.75) is 38.0 Å². The first-order valence-electron chi connectivity index (χ1n) is 10.4. The highest BCUT2D eigenvalue weighted by molar-refractivity contribution is 6.34. The summed E-state index contributed by atoms with van der Waals surface area (Å²) in [5.74, 6) is -0.00541. The van der Waals surface area contributed by atoms with E-state index in [0.29, 0.717) is 64.6 Å². The molecule has 1 saturated carbocycles. The molecule has 2 aromatic carbocycles. The summed E-state index contributed by atoms with van der Waals surface area (Å²) in [6.45, 7) is 0. The summed E-state index contributed by atoms with van der Waals surface area (Å²) in [7, 11) is 0. The van der Waals surface area contributed by atoms with Crippen molar-refractivity contribution in [3.63, 3.8) is 0 Å². The molecule has 2 aromatic rings. The normalized spacial score (nSPS) is 18.1. The lowest BCUT2D eigenvalue weighted by atomic mass is 9.86. The average Bonchev–Trinajstić information content (AvgIpc) is 3.64. The van der Waals surface area contributed by atoms with Crippen LogP contribution < -0.4 is 5.32 Å². The zero-order chi connectivity index (χ0) is 22.0. The molecular weight excluding hydrogens is 412 g/mol. The zero-order valence-electron chi connectivity index (χ0n) is 17.0. The van der Waals surface area contributed by atoms with Crippen molar-refractivity contribution in [3.05, 3.63) is 75.3 Å².